The SMILES string of the molecule is CC(C)=CCCC(C)=CCCC(C)=CCOCCC(=O)ON. The summed E-state index contributed by atoms with van der Waals surface area (Å²) in [4.78, 5) is 14.8. The Labute approximate surface area is 135 Å². The van der Waals surface area contributed by atoms with Crippen LogP contribution < -0.4 is 5.90 Å². The monoisotopic (exact) mass is 309 g/mol. The van der Waals surface area contributed by atoms with E-state index in [9.17, 15) is 4.79 Å². The van der Waals surface area contributed by atoms with Crippen LogP contribution in [0.15, 0.2) is 34.9 Å². The molecule has 4 heteroatoms. The number of nitrogens with two attached hydrogens (primary N) is 1. The van der Waals surface area contributed by atoms with E-state index in [-0.39, 0.29) is 6.42 Å². The summed E-state index contributed by atoms with van der Waals surface area (Å²) in [6.07, 6.45) is 11.2. The molecule has 0 aliphatic heterocycles. The Bertz CT molecular complexity index is 405. The van der Waals surface area contributed by atoms with Crippen molar-refractivity contribution >= 4 is 5.97 Å². The van der Waals surface area contributed by atoms with Crippen LogP contribution in [0.2, 0.25) is 0 Å². The third kappa shape index (κ3) is 13.6. The lowest BCUT2D eigenvalue weighted by Crippen LogP contribution is -2.12. The van der Waals surface area contributed by atoms with E-state index in [1.165, 1.54) is 16.7 Å². The molecule has 2 N–H and O–H groups in total. The molecular formula is C18H31NO3. The number of ether oxygens (including phenoxy) is 1. The third-order valence-electron chi connectivity index (χ3n) is 3.25. The van der Waals surface area contributed by atoms with E-state index in [1.807, 2.05) is 0 Å². The normalized spacial score (nSPS) is 12.2. The lowest BCUT2D eigenvalue weighted by molar-refractivity contribution is -0.145. The van der Waals surface area contributed by atoms with Crippen molar-refractivity contribution in [2.45, 2.75) is 59.8 Å². The van der Waals surface area contributed by atoms with Gasteiger partial charge >= 0.3 is 5.97 Å². The lowest BCUT2D eigenvalue weighted by Gasteiger charge is -2.03. The summed E-state index contributed by atoms with van der Waals surface area (Å²) in [7, 11) is 0. The average Bonchev–Trinajstić information content (AvgIpc) is 2.46. The standard InChI is InChI=1S/C18H31NO3/c1-15(2)7-5-8-16(3)9-6-10-17(4)11-13-21-14-12-18(20)22-19/h7,9,11H,5-6,8,10,12-14,19H2,1-4H3. The molecule has 0 bridgehead atoms. The van der Waals surface area contributed by atoms with Gasteiger partial charge in [0.15, 0.2) is 0 Å². The van der Waals surface area contributed by atoms with Gasteiger partial charge in [0.05, 0.1) is 19.6 Å². The van der Waals surface area contributed by atoms with Crippen LogP contribution >= 0.6 is 0 Å². The molecule has 0 rings (SSSR count). The van der Waals surface area contributed by atoms with Crippen LogP contribution in [0, 0.1) is 0 Å². The van der Waals surface area contributed by atoms with Gasteiger partial charge in [0.2, 0.25) is 0 Å². The number of hydrogen-bond donors (Lipinski definition) is 1. The van der Waals surface area contributed by atoms with E-state index < -0.39 is 5.97 Å². The molecule has 0 atom stereocenters. The van der Waals surface area contributed by atoms with Gasteiger partial charge in [-0.2, -0.15) is 5.90 Å². The Morgan fingerprint density at radius 3 is 2.09 bits per heavy atom. The fourth-order valence-corrected chi connectivity index (χ4v) is 1.84. The summed E-state index contributed by atoms with van der Waals surface area (Å²) in [6.45, 7) is 9.42. The van der Waals surface area contributed by atoms with Crippen LogP contribution in [0.1, 0.15) is 59.8 Å². The maximum absolute atomic E-state index is 10.8. The average molecular weight is 309 g/mol. The summed E-state index contributed by atoms with van der Waals surface area (Å²) in [6, 6.07) is 0. The summed E-state index contributed by atoms with van der Waals surface area (Å²) in [5.41, 5.74) is 4.13. The zero-order chi connectivity index (χ0) is 16.8. The summed E-state index contributed by atoms with van der Waals surface area (Å²) in [5, 5.41) is 0. The van der Waals surface area contributed by atoms with E-state index in [1.54, 1.807) is 0 Å². The van der Waals surface area contributed by atoms with Crippen molar-refractivity contribution in [2.75, 3.05) is 13.2 Å². The van der Waals surface area contributed by atoms with Crippen molar-refractivity contribution in [1.29, 1.82) is 0 Å². The molecule has 0 radical (unpaired) electrons. The third-order valence-corrected chi connectivity index (χ3v) is 3.25. The van der Waals surface area contributed by atoms with E-state index in [0.717, 1.165) is 25.7 Å². The zero-order valence-electron chi connectivity index (χ0n) is 14.5. The second-order valence-electron chi connectivity index (χ2n) is 5.77. The molecule has 0 aromatic rings. The van der Waals surface area contributed by atoms with Gasteiger partial charge in [0.1, 0.15) is 0 Å². The smallest absolute Gasteiger partial charge is 0.326 e. The maximum atomic E-state index is 10.8. The van der Waals surface area contributed by atoms with Gasteiger partial charge in [-0.1, -0.05) is 34.9 Å². The second kappa shape index (κ2) is 13.3. The van der Waals surface area contributed by atoms with Crippen LogP contribution in [-0.2, 0) is 14.4 Å². The molecule has 22 heavy (non-hydrogen) atoms. The largest absolute Gasteiger partial charge is 0.377 e. The minimum absolute atomic E-state index is 0.191. The van der Waals surface area contributed by atoms with Gasteiger partial charge < -0.3 is 9.57 Å². The molecule has 0 amide bonds. The minimum atomic E-state index is -0.450. The first kappa shape index (κ1) is 20.6. The van der Waals surface area contributed by atoms with Crippen LogP contribution in [0.5, 0.6) is 0 Å². The number of hydrogen-bond acceptors (Lipinski definition) is 4. The number of rotatable bonds is 11. The number of carbonyl (C=O) groups excluding carboxylic acids is 1. The molecule has 0 aromatic heterocycles. The molecule has 0 fully saturated rings. The zero-order valence-corrected chi connectivity index (χ0v) is 14.5. The van der Waals surface area contributed by atoms with Crippen molar-refractivity contribution in [2.24, 2.45) is 5.90 Å². The Hall–Kier alpha value is -1.39. The summed E-state index contributed by atoms with van der Waals surface area (Å²) in [5.74, 6) is 4.28. The van der Waals surface area contributed by atoms with Gasteiger partial charge in [-0.3, -0.25) is 4.79 Å². The van der Waals surface area contributed by atoms with Gasteiger partial charge in [-0.25, -0.2) is 0 Å². The fraction of sp³-hybridized carbons (Fsp3) is 0.611. The highest BCUT2D eigenvalue weighted by Crippen LogP contribution is 2.11. The van der Waals surface area contributed by atoms with Crippen LogP contribution in [0.25, 0.3) is 0 Å². The predicted octanol–water partition coefficient (Wildman–Crippen LogP) is 4.23. The molecule has 0 spiro atoms. The van der Waals surface area contributed by atoms with E-state index >= 15 is 0 Å². The van der Waals surface area contributed by atoms with E-state index in [4.69, 9.17) is 10.6 Å². The Morgan fingerprint density at radius 1 is 0.909 bits per heavy atom. The highest BCUT2D eigenvalue weighted by Gasteiger charge is 1.99. The predicted molar refractivity (Wildman–Crippen MR) is 91.1 cm³/mol. The van der Waals surface area contributed by atoms with Gasteiger partial charge in [0.25, 0.3) is 0 Å². The van der Waals surface area contributed by atoms with Crippen molar-refractivity contribution in [3.05, 3.63) is 34.9 Å². The second-order valence-corrected chi connectivity index (χ2v) is 5.77. The molecule has 0 aliphatic rings. The quantitative estimate of drug-likeness (QED) is 0.352. The lowest BCUT2D eigenvalue weighted by atomic mass is 10.1. The Balaban J connectivity index is 3.78. The molecular weight excluding hydrogens is 278 g/mol. The van der Waals surface area contributed by atoms with E-state index in [2.05, 4.69) is 50.8 Å². The van der Waals surface area contributed by atoms with Crippen LogP contribution in [-0.4, -0.2) is 19.2 Å². The minimum Gasteiger partial charge on any atom is -0.377 e. The van der Waals surface area contributed by atoms with Crippen molar-refractivity contribution < 1.29 is 14.4 Å². The van der Waals surface area contributed by atoms with E-state index in [0.29, 0.717) is 13.2 Å². The summed E-state index contributed by atoms with van der Waals surface area (Å²) < 4.78 is 5.33. The van der Waals surface area contributed by atoms with Crippen LogP contribution in [0.3, 0.4) is 0 Å². The van der Waals surface area contributed by atoms with Crippen molar-refractivity contribution in [3.8, 4) is 0 Å². The molecule has 0 aliphatic carbocycles. The topological polar surface area (TPSA) is 61.5 Å². The first-order valence-corrected chi connectivity index (χ1v) is 7.87. The number of allylic oxidation sites excluding steroid dienone is 5. The molecule has 0 saturated carbocycles. The molecule has 126 valence electrons. The van der Waals surface area contributed by atoms with Crippen LogP contribution in [0.4, 0.5) is 0 Å². The Morgan fingerprint density at radius 2 is 1.50 bits per heavy atom. The molecule has 0 saturated heterocycles. The first-order valence-electron chi connectivity index (χ1n) is 7.87. The molecule has 0 heterocycles. The van der Waals surface area contributed by atoms with Gasteiger partial charge in [-0.15, -0.1) is 0 Å². The molecule has 0 unspecified atom stereocenters. The number of carbonyl (C=O) groups is 1. The maximum Gasteiger partial charge on any atom is 0.326 e. The highest BCUT2D eigenvalue weighted by atomic mass is 16.7. The highest BCUT2D eigenvalue weighted by molar-refractivity contribution is 5.68. The fourth-order valence-electron chi connectivity index (χ4n) is 1.84. The Kier molecular flexibility index (Phi) is 12.4. The van der Waals surface area contributed by atoms with Gasteiger partial charge in [-0.05, 0) is 53.4 Å². The van der Waals surface area contributed by atoms with Crippen molar-refractivity contribution in [3.63, 3.8) is 0 Å². The molecule has 4 nitrogen and oxygen atoms in total. The summed E-state index contributed by atoms with van der Waals surface area (Å²) >= 11 is 0. The van der Waals surface area contributed by atoms with Crippen molar-refractivity contribution in [1.82, 2.24) is 0 Å². The van der Waals surface area contributed by atoms with Gasteiger partial charge in [0, 0.05) is 0 Å². The first-order chi connectivity index (χ1) is 10.5. The molecule has 0 aromatic carbocycles.